The van der Waals surface area contributed by atoms with E-state index in [0.29, 0.717) is 10.0 Å². The molecule has 2 nitrogen and oxygen atoms in total. The van der Waals surface area contributed by atoms with Crippen LogP contribution in [0.4, 0.5) is 8.78 Å². The third-order valence-corrected chi connectivity index (χ3v) is 3.55. The molecule has 0 spiro atoms. The van der Waals surface area contributed by atoms with E-state index < -0.39 is 5.82 Å². The summed E-state index contributed by atoms with van der Waals surface area (Å²) in [6, 6.07) is 9.49. The largest absolute Gasteiger partial charge is 0.345 e. The quantitative estimate of drug-likeness (QED) is 0.891. The van der Waals surface area contributed by atoms with Gasteiger partial charge in [-0.3, -0.25) is 4.79 Å². The van der Waals surface area contributed by atoms with Crippen molar-refractivity contribution in [2.24, 2.45) is 0 Å². The van der Waals surface area contributed by atoms with Gasteiger partial charge in [0.25, 0.3) is 5.91 Å². The average Bonchev–Trinajstić information content (AvgIpc) is 2.39. The van der Waals surface area contributed by atoms with Gasteiger partial charge in [0.2, 0.25) is 0 Å². The molecule has 0 bridgehead atoms. The van der Waals surface area contributed by atoms with Gasteiger partial charge < -0.3 is 5.32 Å². The highest BCUT2D eigenvalue weighted by molar-refractivity contribution is 9.10. The van der Waals surface area contributed by atoms with Crippen molar-refractivity contribution in [1.82, 2.24) is 5.32 Å². The Labute approximate surface area is 123 Å². The van der Waals surface area contributed by atoms with Crippen molar-refractivity contribution in [2.75, 3.05) is 0 Å². The van der Waals surface area contributed by atoms with Gasteiger partial charge in [-0.05, 0) is 58.7 Å². The van der Waals surface area contributed by atoms with Crippen LogP contribution in [0.25, 0.3) is 0 Å². The molecular formula is C15H12BrF2NO. The van der Waals surface area contributed by atoms with Gasteiger partial charge >= 0.3 is 0 Å². The Balaban J connectivity index is 2.13. The van der Waals surface area contributed by atoms with Gasteiger partial charge in [-0.15, -0.1) is 0 Å². The summed E-state index contributed by atoms with van der Waals surface area (Å²) in [5, 5.41) is 2.78. The van der Waals surface area contributed by atoms with Gasteiger partial charge in [0.1, 0.15) is 11.6 Å². The van der Waals surface area contributed by atoms with Crippen molar-refractivity contribution in [2.45, 2.75) is 13.0 Å². The van der Waals surface area contributed by atoms with Crippen molar-refractivity contribution in [3.63, 3.8) is 0 Å². The van der Waals surface area contributed by atoms with Crippen LogP contribution in [0.1, 0.15) is 28.9 Å². The highest BCUT2D eigenvalue weighted by Gasteiger charge is 2.14. The van der Waals surface area contributed by atoms with Gasteiger partial charge in [0.05, 0.1) is 11.6 Å². The molecule has 2 rings (SSSR count). The molecule has 0 heterocycles. The van der Waals surface area contributed by atoms with Crippen LogP contribution in [0.5, 0.6) is 0 Å². The van der Waals surface area contributed by atoms with Crippen LogP contribution in [0.2, 0.25) is 0 Å². The second kappa shape index (κ2) is 6.13. The van der Waals surface area contributed by atoms with E-state index in [1.54, 1.807) is 19.1 Å². The summed E-state index contributed by atoms with van der Waals surface area (Å²) in [4.78, 5) is 12.1. The monoisotopic (exact) mass is 339 g/mol. The normalized spacial score (nSPS) is 12.0. The van der Waals surface area contributed by atoms with Crippen LogP contribution in [0.3, 0.4) is 0 Å². The van der Waals surface area contributed by atoms with Gasteiger partial charge in [-0.1, -0.05) is 12.1 Å². The smallest absolute Gasteiger partial charge is 0.252 e. The third-order valence-electron chi connectivity index (χ3n) is 2.89. The lowest BCUT2D eigenvalue weighted by Gasteiger charge is -2.15. The molecule has 0 aromatic heterocycles. The minimum atomic E-state index is -0.417. The number of hydrogen-bond acceptors (Lipinski definition) is 1. The first-order valence-electron chi connectivity index (χ1n) is 5.99. The van der Waals surface area contributed by atoms with Crippen molar-refractivity contribution in [3.8, 4) is 0 Å². The lowest BCUT2D eigenvalue weighted by atomic mass is 10.1. The van der Waals surface area contributed by atoms with E-state index in [0.717, 1.165) is 5.56 Å². The summed E-state index contributed by atoms with van der Waals surface area (Å²) in [6.07, 6.45) is 0. The fourth-order valence-electron chi connectivity index (χ4n) is 1.78. The maximum atomic E-state index is 13.0. The Kier molecular flexibility index (Phi) is 4.49. The molecular weight excluding hydrogens is 328 g/mol. The zero-order chi connectivity index (χ0) is 14.7. The Morgan fingerprint density at radius 2 is 1.70 bits per heavy atom. The summed E-state index contributed by atoms with van der Waals surface area (Å²) in [5.74, 6) is -1.07. The first-order valence-corrected chi connectivity index (χ1v) is 6.78. The fourth-order valence-corrected chi connectivity index (χ4v) is 2.31. The number of carbonyl (C=O) groups excluding carboxylic acids is 1. The minimum Gasteiger partial charge on any atom is -0.345 e. The molecule has 0 aliphatic rings. The van der Waals surface area contributed by atoms with Gasteiger partial charge in [0, 0.05) is 4.47 Å². The van der Waals surface area contributed by atoms with Crippen molar-refractivity contribution >= 4 is 21.8 Å². The molecule has 0 saturated heterocycles. The number of amides is 1. The number of carbonyl (C=O) groups is 1. The van der Waals surface area contributed by atoms with Crippen LogP contribution in [-0.4, -0.2) is 5.91 Å². The fraction of sp³-hybridized carbons (Fsp3) is 0.133. The first-order chi connectivity index (χ1) is 9.47. The predicted molar refractivity (Wildman–Crippen MR) is 76.4 cm³/mol. The molecule has 2 aromatic carbocycles. The molecule has 0 saturated carbocycles. The maximum Gasteiger partial charge on any atom is 0.252 e. The van der Waals surface area contributed by atoms with Crippen LogP contribution in [-0.2, 0) is 0 Å². The Hall–Kier alpha value is -1.75. The SMILES string of the molecule is CC(NC(=O)c1ccc(F)cc1Br)c1ccc(F)cc1. The summed E-state index contributed by atoms with van der Waals surface area (Å²) < 4.78 is 26.2. The van der Waals surface area contributed by atoms with E-state index in [2.05, 4.69) is 21.2 Å². The van der Waals surface area contributed by atoms with Crippen LogP contribution in [0.15, 0.2) is 46.9 Å². The number of benzene rings is 2. The van der Waals surface area contributed by atoms with E-state index in [9.17, 15) is 13.6 Å². The number of nitrogens with one attached hydrogen (secondary N) is 1. The molecule has 5 heteroatoms. The standard InChI is InChI=1S/C15H12BrF2NO/c1-9(10-2-4-11(17)5-3-10)19-15(20)13-7-6-12(18)8-14(13)16/h2-9H,1H3,(H,19,20). The van der Waals surface area contributed by atoms with Crippen molar-refractivity contribution in [1.29, 1.82) is 0 Å². The highest BCUT2D eigenvalue weighted by atomic mass is 79.9. The zero-order valence-corrected chi connectivity index (χ0v) is 12.2. The molecule has 0 fully saturated rings. The van der Waals surface area contributed by atoms with Crippen LogP contribution < -0.4 is 5.32 Å². The Morgan fingerprint density at radius 3 is 2.30 bits per heavy atom. The minimum absolute atomic E-state index is 0.278. The number of halogens is 3. The molecule has 0 aliphatic carbocycles. The molecule has 20 heavy (non-hydrogen) atoms. The van der Waals surface area contributed by atoms with E-state index >= 15 is 0 Å². The molecule has 104 valence electrons. The highest BCUT2D eigenvalue weighted by Crippen LogP contribution is 2.20. The lowest BCUT2D eigenvalue weighted by Crippen LogP contribution is -2.27. The van der Waals surface area contributed by atoms with E-state index in [1.807, 2.05) is 0 Å². The molecule has 1 atom stereocenters. The second-order valence-corrected chi connectivity index (χ2v) is 5.23. The van der Waals surface area contributed by atoms with E-state index in [4.69, 9.17) is 0 Å². The van der Waals surface area contributed by atoms with Crippen molar-refractivity contribution < 1.29 is 13.6 Å². The number of hydrogen-bond donors (Lipinski definition) is 1. The molecule has 0 aliphatic heterocycles. The lowest BCUT2D eigenvalue weighted by molar-refractivity contribution is 0.0939. The van der Waals surface area contributed by atoms with Gasteiger partial charge in [-0.25, -0.2) is 8.78 Å². The van der Waals surface area contributed by atoms with E-state index in [-0.39, 0.29) is 17.8 Å². The summed E-state index contributed by atoms with van der Waals surface area (Å²) in [7, 11) is 0. The second-order valence-electron chi connectivity index (χ2n) is 4.37. The topological polar surface area (TPSA) is 29.1 Å². The van der Waals surface area contributed by atoms with Gasteiger partial charge in [-0.2, -0.15) is 0 Å². The first kappa shape index (κ1) is 14.7. The molecule has 1 amide bonds. The summed E-state index contributed by atoms with van der Waals surface area (Å²) in [6.45, 7) is 1.79. The zero-order valence-electron chi connectivity index (χ0n) is 10.7. The Morgan fingerprint density at radius 1 is 1.10 bits per heavy atom. The van der Waals surface area contributed by atoms with Gasteiger partial charge in [0.15, 0.2) is 0 Å². The Bertz CT molecular complexity index is 628. The molecule has 2 aromatic rings. The van der Waals surface area contributed by atoms with Crippen molar-refractivity contribution in [3.05, 3.63) is 69.7 Å². The van der Waals surface area contributed by atoms with Crippen LogP contribution in [0, 0.1) is 11.6 Å². The van der Waals surface area contributed by atoms with Crippen LogP contribution >= 0.6 is 15.9 Å². The number of rotatable bonds is 3. The summed E-state index contributed by atoms with van der Waals surface area (Å²) >= 11 is 3.15. The van der Waals surface area contributed by atoms with E-state index in [1.165, 1.54) is 30.3 Å². The predicted octanol–water partition coefficient (Wildman–Crippen LogP) is 4.22. The third kappa shape index (κ3) is 3.42. The summed E-state index contributed by atoms with van der Waals surface area (Å²) in [5.41, 5.74) is 1.14. The molecule has 0 radical (unpaired) electrons. The molecule has 1 unspecified atom stereocenters. The maximum absolute atomic E-state index is 13.0. The molecule has 1 N–H and O–H groups in total. The average molecular weight is 340 g/mol.